The maximum Gasteiger partial charge on any atom is 0.157 e. The molecule has 1 saturated carbocycles. The number of benzene rings is 1. The number of rotatable bonds is 4. The fourth-order valence-electron chi connectivity index (χ4n) is 2.05. The van der Waals surface area contributed by atoms with Crippen LogP contribution in [0.4, 0.5) is 0 Å². The van der Waals surface area contributed by atoms with Crippen molar-refractivity contribution in [1.82, 2.24) is 20.2 Å². The molecule has 5 heteroatoms. The lowest BCUT2D eigenvalue weighted by atomic mass is 10.0. The molecule has 1 aliphatic rings. The van der Waals surface area contributed by atoms with Crippen LogP contribution in [0.2, 0.25) is 0 Å². The maximum atomic E-state index is 5.80. The molecule has 0 atom stereocenters. The van der Waals surface area contributed by atoms with Gasteiger partial charge in [-0.05, 0) is 47.4 Å². The van der Waals surface area contributed by atoms with Crippen molar-refractivity contribution < 1.29 is 0 Å². The van der Waals surface area contributed by atoms with Gasteiger partial charge in [0.2, 0.25) is 0 Å². The van der Waals surface area contributed by atoms with Crippen LogP contribution in [0.25, 0.3) is 5.69 Å². The summed E-state index contributed by atoms with van der Waals surface area (Å²) < 4.78 is 1.80. The minimum absolute atomic E-state index is 0.251. The lowest BCUT2D eigenvalue weighted by Gasteiger charge is -2.11. The van der Waals surface area contributed by atoms with Gasteiger partial charge in [0.25, 0.3) is 0 Å². The summed E-state index contributed by atoms with van der Waals surface area (Å²) in [6.07, 6.45) is 3.24. The maximum absolute atomic E-state index is 5.80. The van der Waals surface area contributed by atoms with Gasteiger partial charge in [0.1, 0.15) is 0 Å². The molecule has 1 aromatic heterocycles. The molecule has 0 spiro atoms. The first kappa shape index (κ1) is 10.4. The van der Waals surface area contributed by atoms with Crippen molar-refractivity contribution in [3.05, 3.63) is 36.2 Å². The summed E-state index contributed by atoms with van der Waals surface area (Å²) in [5.74, 6) is 0.902. The monoisotopic (exact) mass is 229 g/mol. The molecule has 1 aliphatic carbocycles. The average molecular weight is 229 g/mol. The minimum atomic E-state index is 0.251. The third-order valence-corrected chi connectivity index (χ3v) is 3.46. The van der Waals surface area contributed by atoms with Crippen LogP contribution in [-0.2, 0) is 6.42 Å². The van der Waals surface area contributed by atoms with Gasteiger partial charge in [-0.3, -0.25) is 0 Å². The Bertz CT molecular complexity index is 501. The number of para-hydroxylation sites is 1. The topological polar surface area (TPSA) is 69.6 Å². The van der Waals surface area contributed by atoms with E-state index in [4.69, 9.17) is 5.73 Å². The van der Waals surface area contributed by atoms with Crippen molar-refractivity contribution in [2.24, 2.45) is 11.1 Å². The van der Waals surface area contributed by atoms with E-state index in [1.54, 1.807) is 4.68 Å². The van der Waals surface area contributed by atoms with Crippen molar-refractivity contribution in [3.8, 4) is 5.69 Å². The molecular formula is C12H15N5. The van der Waals surface area contributed by atoms with E-state index in [9.17, 15) is 0 Å². The van der Waals surface area contributed by atoms with E-state index in [0.29, 0.717) is 6.54 Å². The van der Waals surface area contributed by atoms with Gasteiger partial charge in [-0.1, -0.05) is 18.2 Å². The Labute approximate surface area is 99.6 Å². The van der Waals surface area contributed by atoms with E-state index < -0.39 is 0 Å². The summed E-state index contributed by atoms with van der Waals surface area (Å²) in [5.41, 5.74) is 7.05. The molecule has 17 heavy (non-hydrogen) atoms. The van der Waals surface area contributed by atoms with Crippen LogP contribution >= 0.6 is 0 Å². The highest BCUT2D eigenvalue weighted by atomic mass is 15.5. The van der Waals surface area contributed by atoms with Crippen molar-refractivity contribution in [1.29, 1.82) is 0 Å². The van der Waals surface area contributed by atoms with Crippen LogP contribution in [0.15, 0.2) is 30.3 Å². The number of aromatic nitrogens is 4. The van der Waals surface area contributed by atoms with E-state index in [2.05, 4.69) is 15.5 Å². The molecule has 3 rings (SSSR count). The summed E-state index contributed by atoms with van der Waals surface area (Å²) >= 11 is 0. The summed E-state index contributed by atoms with van der Waals surface area (Å²) in [6, 6.07) is 9.95. The fourth-order valence-corrected chi connectivity index (χ4v) is 2.05. The zero-order valence-electron chi connectivity index (χ0n) is 9.58. The van der Waals surface area contributed by atoms with Gasteiger partial charge in [-0.15, -0.1) is 5.10 Å². The fraction of sp³-hybridized carbons (Fsp3) is 0.417. The SMILES string of the molecule is NCC1(Cc2nnnn2-c2ccccc2)CC1. The Morgan fingerprint density at radius 2 is 2.00 bits per heavy atom. The highest BCUT2D eigenvalue weighted by molar-refractivity contribution is 5.30. The molecule has 88 valence electrons. The molecule has 0 saturated heterocycles. The van der Waals surface area contributed by atoms with Gasteiger partial charge in [0.05, 0.1) is 5.69 Å². The van der Waals surface area contributed by atoms with E-state index in [1.165, 1.54) is 12.8 Å². The number of hydrogen-bond acceptors (Lipinski definition) is 4. The molecule has 0 unspecified atom stereocenters. The normalized spacial score (nSPS) is 17.0. The second-order valence-electron chi connectivity index (χ2n) is 4.72. The van der Waals surface area contributed by atoms with Crippen LogP contribution in [-0.4, -0.2) is 26.8 Å². The Morgan fingerprint density at radius 1 is 1.24 bits per heavy atom. The molecule has 5 nitrogen and oxygen atoms in total. The van der Waals surface area contributed by atoms with Gasteiger partial charge in [0.15, 0.2) is 5.82 Å². The van der Waals surface area contributed by atoms with Crippen LogP contribution in [0.1, 0.15) is 18.7 Å². The predicted octanol–water partition coefficient (Wildman–Crippen LogP) is 0.944. The van der Waals surface area contributed by atoms with Gasteiger partial charge in [-0.2, -0.15) is 4.68 Å². The quantitative estimate of drug-likeness (QED) is 0.847. The molecule has 0 aliphatic heterocycles. The lowest BCUT2D eigenvalue weighted by molar-refractivity contribution is 0.498. The Balaban J connectivity index is 1.90. The first-order valence-corrected chi connectivity index (χ1v) is 5.86. The minimum Gasteiger partial charge on any atom is -0.330 e. The first-order valence-electron chi connectivity index (χ1n) is 5.86. The molecule has 0 bridgehead atoms. The second-order valence-corrected chi connectivity index (χ2v) is 4.72. The van der Waals surface area contributed by atoms with Gasteiger partial charge in [-0.25, -0.2) is 0 Å². The van der Waals surface area contributed by atoms with E-state index in [-0.39, 0.29) is 5.41 Å². The zero-order valence-corrected chi connectivity index (χ0v) is 9.58. The van der Waals surface area contributed by atoms with Crippen molar-refractivity contribution in [3.63, 3.8) is 0 Å². The summed E-state index contributed by atoms with van der Waals surface area (Å²) in [5, 5.41) is 11.9. The van der Waals surface area contributed by atoms with Crippen LogP contribution < -0.4 is 5.73 Å². The highest BCUT2D eigenvalue weighted by Gasteiger charge is 2.42. The number of tetrazole rings is 1. The van der Waals surface area contributed by atoms with Crippen molar-refractivity contribution in [2.45, 2.75) is 19.3 Å². The number of hydrogen-bond donors (Lipinski definition) is 1. The third kappa shape index (κ3) is 1.93. The lowest BCUT2D eigenvalue weighted by Crippen LogP contribution is -2.20. The van der Waals surface area contributed by atoms with Crippen LogP contribution in [0.5, 0.6) is 0 Å². The van der Waals surface area contributed by atoms with Crippen molar-refractivity contribution in [2.75, 3.05) is 6.54 Å². The predicted molar refractivity (Wildman–Crippen MR) is 63.6 cm³/mol. The average Bonchev–Trinajstić information content (AvgIpc) is 3.00. The summed E-state index contributed by atoms with van der Waals surface area (Å²) in [6.45, 7) is 0.717. The van der Waals surface area contributed by atoms with E-state index >= 15 is 0 Å². The zero-order chi connectivity index (χ0) is 11.7. The molecule has 1 aromatic carbocycles. The van der Waals surface area contributed by atoms with Crippen molar-refractivity contribution >= 4 is 0 Å². The molecule has 2 N–H and O–H groups in total. The molecule has 0 radical (unpaired) electrons. The Morgan fingerprint density at radius 3 is 2.65 bits per heavy atom. The second kappa shape index (κ2) is 3.92. The first-order chi connectivity index (χ1) is 8.33. The Kier molecular flexibility index (Phi) is 2.40. The highest BCUT2D eigenvalue weighted by Crippen LogP contribution is 2.46. The van der Waals surface area contributed by atoms with Crippen LogP contribution in [0, 0.1) is 5.41 Å². The molecule has 1 fully saturated rings. The Hall–Kier alpha value is -1.75. The van der Waals surface area contributed by atoms with E-state index in [1.807, 2.05) is 30.3 Å². The summed E-state index contributed by atoms with van der Waals surface area (Å²) in [4.78, 5) is 0. The van der Waals surface area contributed by atoms with Gasteiger partial charge in [0, 0.05) is 6.42 Å². The number of nitrogens with two attached hydrogens (primary N) is 1. The largest absolute Gasteiger partial charge is 0.330 e. The molecule has 0 amide bonds. The standard InChI is InChI=1S/C12H15N5/c13-9-12(6-7-12)8-11-14-15-16-17(11)10-4-2-1-3-5-10/h1-5H,6-9,13H2. The molecular weight excluding hydrogens is 214 g/mol. The third-order valence-electron chi connectivity index (χ3n) is 3.46. The number of nitrogens with zero attached hydrogens (tertiary/aromatic N) is 4. The summed E-state index contributed by atoms with van der Waals surface area (Å²) in [7, 11) is 0. The molecule has 2 aromatic rings. The molecule has 1 heterocycles. The van der Waals surface area contributed by atoms with Gasteiger partial charge < -0.3 is 5.73 Å². The van der Waals surface area contributed by atoms with E-state index in [0.717, 1.165) is 17.9 Å². The van der Waals surface area contributed by atoms with Gasteiger partial charge >= 0.3 is 0 Å². The van der Waals surface area contributed by atoms with Crippen LogP contribution in [0.3, 0.4) is 0 Å². The smallest absolute Gasteiger partial charge is 0.157 e.